The molecule has 6 nitrogen and oxygen atoms in total. The zero-order valence-electron chi connectivity index (χ0n) is 16.3. The highest BCUT2D eigenvalue weighted by Crippen LogP contribution is 2.36. The Labute approximate surface area is 179 Å². The molecule has 0 bridgehead atoms. The van der Waals surface area contributed by atoms with E-state index in [1.807, 2.05) is 19.9 Å². The maximum atomic E-state index is 12.7. The van der Waals surface area contributed by atoms with E-state index >= 15 is 0 Å². The van der Waals surface area contributed by atoms with Gasteiger partial charge in [-0.25, -0.2) is 0 Å². The van der Waals surface area contributed by atoms with Crippen molar-refractivity contribution in [3.05, 3.63) is 53.1 Å². The molecule has 0 fully saturated rings. The van der Waals surface area contributed by atoms with Crippen molar-refractivity contribution >= 4 is 52.5 Å². The normalized spacial score (nSPS) is 13.1. The van der Waals surface area contributed by atoms with Crippen LogP contribution < -0.4 is 10.2 Å². The highest BCUT2D eigenvalue weighted by molar-refractivity contribution is 8.00. The van der Waals surface area contributed by atoms with Crippen LogP contribution in [0.15, 0.2) is 47.4 Å². The van der Waals surface area contributed by atoms with Crippen molar-refractivity contribution in [1.82, 2.24) is 4.90 Å². The van der Waals surface area contributed by atoms with E-state index in [0.29, 0.717) is 35.1 Å². The lowest BCUT2D eigenvalue weighted by Gasteiger charge is -2.29. The monoisotopic (exact) mass is 431 g/mol. The summed E-state index contributed by atoms with van der Waals surface area (Å²) in [7, 11) is 0. The van der Waals surface area contributed by atoms with E-state index in [0.717, 1.165) is 4.90 Å². The van der Waals surface area contributed by atoms with Crippen LogP contribution in [-0.2, 0) is 9.59 Å². The van der Waals surface area contributed by atoms with Gasteiger partial charge in [-0.3, -0.25) is 14.4 Å². The van der Waals surface area contributed by atoms with E-state index in [9.17, 15) is 14.4 Å². The van der Waals surface area contributed by atoms with Gasteiger partial charge in [0.2, 0.25) is 11.8 Å². The lowest BCUT2D eigenvalue weighted by atomic mass is 10.1. The number of nitrogens with zero attached hydrogens (tertiary/aromatic N) is 2. The summed E-state index contributed by atoms with van der Waals surface area (Å²) >= 11 is 7.27. The minimum absolute atomic E-state index is 0.0913. The van der Waals surface area contributed by atoms with Gasteiger partial charge in [-0.05, 0) is 56.3 Å². The zero-order valence-corrected chi connectivity index (χ0v) is 17.8. The predicted octanol–water partition coefficient (Wildman–Crippen LogP) is 3.90. The van der Waals surface area contributed by atoms with Crippen molar-refractivity contribution in [2.45, 2.75) is 18.7 Å². The van der Waals surface area contributed by atoms with Crippen molar-refractivity contribution in [2.75, 3.05) is 35.6 Å². The average Bonchev–Trinajstić information content (AvgIpc) is 2.72. The van der Waals surface area contributed by atoms with E-state index in [1.54, 1.807) is 41.3 Å². The fraction of sp³-hybridized carbons (Fsp3) is 0.286. The summed E-state index contributed by atoms with van der Waals surface area (Å²) in [6.45, 7) is 4.93. The van der Waals surface area contributed by atoms with Crippen LogP contribution in [-0.4, -0.2) is 48.0 Å². The molecular formula is C21H22ClN3O3S. The van der Waals surface area contributed by atoms with E-state index < -0.39 is 0 Å². The van der Waals surface area contributed by atoms with Gasteiger partial charge < -0.3 is 15.1 Å². The van der Waals surface area contributed by atoms with Crippen LogP contribution in [0.2, 0.25) is 5.02 Å². The predicted molar refractivity (Wildman–Crippen MR) is 117 cm³/mol. The van der Waals surface area contributed by atoms with E-state index in [4.69, 9.17) is 11.6 Å². The quantitative estimate of drug-likeness (QED) is 0.753. The van der Waals surface area contributed by atoms with Gasteiger partial charge in [-0.2, -0.15) is 0 Å². The molecule has 0 saturated heterocycles. The van der Waals surface area contributed by atoms with E-state index in [2.05, 4.69) is 5.32 Å². The average molecular weight is 432 g/mol. The van der Waals surface area contributed by atoms with Gasteiger partial charge in [-0.1, -0.05) is 11.6 Å². The lowest BCUT2D eigenvalue weighted by molar-refractivity contribution is -0.120. The second-order valence-corrected chi connectivity index (χ2v) is 7.94. The third-order valence-electron chi connectivity index (χ3n) is 4.63. The Bertz CT molecular complexity index is 929. The number of carbonyl (C=O) groups is 3. The van der Waals surface area contributed by atoms with E-state index in [1.165, 1.54) is 16.7 Å². The molecule has 0 unspecified atom stereocenters. The smallest absolute Gasteiger partial charge is 0.253 e. The Morgan fingerprint density at radius 1 is 1.14 bits per heavy atom. The maximum absolute atomic E-state index is 12.7. The molecule has 3 amide bonds. The second kappa shape index (κ2) is 9.33. The number of fused-ring (bicyclic) bond motifs is 1. The zero-order chi connectivity index (χ0) is 21.0. The first-order chi connectivity index (χ1) is 13.9. The van der Waals surface area contributed by atoms with Crippen molar-refractivity contribution in [2.24, 2.45) is 0 Å². The highest BCUT2D eigenvalue weighted by atomic mass is 35.5. The first-order valence-corrected chi connectivity index (χ1v) is 10.7. The first kappa shape index (κ1) is 21.2. The molecular weight excluding hydrogens is 410 g/mol. The van der Waals surface area contributed by atoms with Gasteiger partial charge in [0, 0.05) is 34.3 Å². The number of carbonyl (C=O) groups excluding carboxylic acids is 3. The number of rotatable bonds is 6. The highest BCUT2D eigenvalue weighted by Gasteiger charge is 2.28. The summed E-state index contributed by atoms with van der Waals surface area (Å²) in [4.78, 5) is 41.8. The molecule has 2 aromatic rings. The number of halogens is 1. The lowest BCUT2D eigenvalue weighted by Crippen LogP contribution is -2.41. The summed E-state index contributed by atoms with van der Waals surface area (Å²) in [5.74, 6) is -0.323. The fourth-order valence-electron chi connectivity index (χ4n) is 3.08. The fourth-order valence-corrected chi connectivity index (χ4v) is 4.12. The van der Waals surface area contributed by atoms with Crippen LogP contribution in [0, 0.1) is 0 Å². The van der Waals surface area contributed by atoms with Crippen LogP contribution in [0.4, 0.5) is 11.4 Å². The van der Waals surface area contributed by atoms with Crippen LogP contribution in [0.1, 0.15) is 24.2 Å². The topological polar surface area (TPSA) is 69.7 Å². The second-order valence-electron chi connectivity index (χ2n) is 6.48. The minimum Gasteiger partial charge on any atom is -0.339 e. The number of anilines is 2. The number of amides is 3. The van der Waals surface area contributed by atoms with Crippen molar-refractivity contribution in [1.29, 1.82) is 0 Å². The molecule has 1 aliphatic rings. The van der Waals surface area contributed by atoms with E-state index in [-0.39, 0.29) is 30.0 Å². The molecule has 1 aliphatic heterocycles. The van der Waals surface area contributed by atoms with Crippen molar-refractivity contribution < 1.29 is 14.4 Å². The molecule has 1 heterocycles. The van der Waals surface area contributed by atoms with Gasteiger partial charge in [0.1, 0.15) is 6.54 Å². The Balaban J connectivity index is 1.82. The van der Waals surface area contributed by atoms with Crippen LogP contribution in [0.5, 0.6) is 0 Å². The number of benzene rings is 2. The number of hydrogen-bond acceptors (Lipinski definition) is 4. The van der Waals surface area contributed by atoms with Crippen LogP contribution in [0.3, 0.4) is 0 Å². The van der Waals surface area contributed by atoms with Gasteiger partial charge in [0.05, 0.1) is 11.4 Å². The summed E-state index contributed by atoms with van der Waals surface area (Å²) in [6.07, 6.45) is 0. The van der Waals surface area contributed by atoms with Gasteiger partial charge in [0.15, 0.2) is 0 Å². The minimum atomic E-state index is -0.320. The van der Waals surface area contributed by atoms with Crippen LogP contribution >= 0.6 is 23.4 Å². The maximum Gasteiger partial charge on any atom is 0.253 e. The molecule has 1 N–H and O–H groups in total. The third-order valence-corrected chi connectivity index (χ3v) is 5.93. The van der Waals surface area contributed by atoms with Crippen LogP contribution in [0.25, 0.3) is 0 Å². The van der Waals surface area contributed by atoms with Gasteiger partial charge >= 0.3 is 0 Å². The summed E-state index contributed by atoms with van der Waals surface area (Å²) in [5.41, 5.74) is 1.70. The largest absolute Gasteiger partial charge is 0.339 e. The number of thioether (sulfide) groups is 1. The molecule has 2 aromatic carbocycles. The number of nitrogens with one attached hydrogen (secondary N) is 1. The summed E-state index contributed by atoms with van der Waals surface area (Å²) in [5, 5.41) is 3.34. The van der Waals surface area contributed by atoms with Gasteiger partial charge in [-0.15, -0.1) is 11.8 Å². The summed E-state index contributed by atoms with van der Waals surface area (Å²) < 4.78 is 0. The SMILES string of the molecule is CCN(CC)C(=O)c1ccc2c(c1)N(CC(=O)Nc1ccc(Cl)cc1)C(=O)CS2. The molecule has 0 spiro atoms. The summed E-state index contributed by atoms with van der Waals surface area (Å²) in [6, 6.07) is 12.1. The Hall–Kier alpha value is -2.51. The third kappa shape index (κ3) is 4.92. The Morgan fingerprint density at radius 3 is 2.48 bits per heavy atom. The van der Waals surface area contributed by atoms with Crippen molar-refractivity contribution in [3.8, 4) is 0 Å². The Morgan fingerprint density at radius 2 is 1.83 bits per heavy atom. The van der Waals surface area contributed by atoms with Gasteiger partial charge in [0.25, 0.3) is 5.91 Å². The number of hydrogen-bond donors (Lipinski definition) is 1. The molecule has 152 valence electrons. The molecule has 0 radical (unpaired) electrons. The molecule has 0 atom stereocenters. The molecule has 0 aromatic heterocycles. The Kier molecular flexibility index (Phi) is 6.82. The standard InChI is InChI=1S/C21H22ClN3O3S/c1-3-24(4-2)21(28)14-5-10-18-17(11-14)25(20(27)13-29-18)12-19(26)23-16-8-6-15(22)7-9-16/h5-11H,3-4,12-13H2,1-2H3,(H,23,26). The molecule has 8 heteroatoms. The van der Waals surface area contributed by atoms with Crippen molar-refractivity contribution in [3.63, 3.8) is 0 Å². The molecule has 0 aliphatic carbocycles. The molecule has 0 saturated carbocycles. The molecule has 29 heavy (non-hydrogen) atoms. The molecule has 3 rings (SSSR count). The first-order valence-electron chi connectivity index (χ1n) is 9.34.